The molecule has 1 amide bonds. The van der Waals surface area contributed by atoms with Gasteiger partial charge in [-0.2, -0.15) is 18.4 Å². The molecule has 2 aromatic carbocycles. The van der Waals surface area contributed by atoms with Gasteiger partial charge in [-0.1, -0.05) is 18.2 Å². The number of nitrogens with zero attached hydrogens (tertiary/aromatic N) is 1. The molecule has 7 heteroatoms. The number of rotatable bonds is 5. The molecule has 134 valence electrons. The number of carbonyl (C=O) groups is 1. The van der Waals surface area contributed by atoms with Crippen LogP contribution in [0.2, 0.25) is 0 Å². The summed E-state index contributed by atoms with van der Waals surface area (Å²) in [6, 6.07) is 12.7. The van der Waals surface area contributed by atoms with E-state index in [0.29, 0.717) is 17.9 Å². The zero-order valence-corrected chi connectivity index (χ0v) is 13.8. The maximum atomic E-state index is 12.7. The molecule has 0 radical (unpaired) electrons. The van der Waals surface area contributed by atoms with Crippen LogP contribution < -0.4 is 10.1 Å². The van der Waals surface area contributed by atoms with Gasteiger partial charge in [0.25, 0.3) is 5.91 Å². The van der Waals surface area contributed by atoms with Crippen molar-refractivity contribution in [3.05, 3.63) is 65.2 Å². The van der Waals surface area contributed by atoms with Crippen molar-refractivity contribution in [2.45, 2.75) is 13.1 Å². The van der Waals surface area contributed by atoms with Crippen LogP contribution >= 0.6 is 0 Å². The number of hydrogen-bond acceptors (Lipinski definition) is 3. The van der Waals surface area contributed by atoms with E-state index in [4.69, 9.17) is 4.74 Å². The van der Waals surface area contributed by atoms with Crippen molar-refractivity contribution in [1.29, 1.82) is 5.26 Å². The minimum absolute atomic E-state index is 0.0472. The van der Waals surface area contributed by atoms with Gasteiger partial charge in [0.05, 0.1) is 12.2 Å². The molecule has 0 fully saturated rings. The standard InChI is InChI=1S/C19H15F3N2O2/c1-2-26-17-8-3-5-13(10-17)9-14(12-23)18(25)24-16-7-4-6-15(11-16)19(20,21)22/h3-11H,2H2,1H3,(H,24,25)/b14-9+. The van der Waals surface area contributed by atoms with Crippen LogP contribution in [0.5, 0.6) is 5.75 Å². The Kier molecular flexibility index (Phi) is 6.02. The van der Waals surface area contributed by atoms with Gasteiger partial charge in [-0.25, -0.2) is 0 Å². The fraction of sp³-hybridized carbons (Fsp3) is 0.158. The highest BCUT2D eigenvalue weighted by Crippen LogP contribution is 2.30. The van der Waals surface area contributed by atoms with E-state index >= 15 is 0 Å². The van der Waals surface area contributed by atoms with Crippen LogP contribution in [0.15, 0.2) is 54.1 Å². The lowest BCUT2D eigenvalue weighted by Gasteiger charge is -2.09. The Hall–Kier alpha value is -3.27. The van der Waals surface area contributed by atoms with E-state index in [1.165, 1.54) is 18.2 Å². The van der Waals surface area contributed by atoms with Crippen LogP contribution in [0.4, 0.5) is 18.9 Å². The average Bonchev–Trinajstić information content (AvgIpc) is 2.60. The number of nitriles is 1. The summed E-state index contributed by atoms with van der Waals surface area (Å²) in [5.41, 5.74) is -0.612. The summed E-state index contributed by atoms with van der Waals surface area (Å²) in [5, 5.41) is 11.5. The van der Waals surface area contributed by atoms with Crippen molar-refractivity contribution in [1.82, 2.24) is 0 Å². The number of hydrogen-bond donors (Lipinski definition) is 1. The smallest absolute Gasteiger partial charge is 0.416 e. The number of nitrogens with one attached hydrogen (secondary N) is 1. The van der Waals surface area contributed by atoms with Gasteiger partial charge < -0.3 is 10.1 Å². The molecule has 26 heavy (non-hydrogen) atoms. The van der Waals surface area contributed by atoms with E-state index in [2.05, 4.69) is 5.32 Å². The van der Waals surface area contributed by atoms with Crippen LogP contribution in [0.1, 0.15) is 18.1 Å². The molecule has 0 atom stereocenters. The molecule has 0 heterocycles. The molecule has 4 nitrogen and oxygen atoms in total. The Morgan fingerprint density at radius 1 is 1.23 bits per heavy atom. The average molecular weight is 360 g/mol. The van der Waals surface area contributed by atoms with E-state index < -0.39 is 17.6 Å². The Bertz CT molecular complexity index is 868. The molecule has 0 aliphatic heterocycles. The van der Waals surface area contributed by atoms with Crippen LogP contribution in [0.25, 0.3) is 6.08 Å². The molecule has 0 saturated carbocycles. The Labute approximate surface area is 148 Å². The van der Waals surface area contributed by atoms with Gasteiger partial charge in [-0.15, -0.1) is 0 Å². The lowest BCUT2D eigenvalue weighted by Crippen LogP contribution is -2.14. The van der Waals surface area contributed by atoms with Crippen LogP contribution in [-0.4, -0.2) is 12.5 Å². The zero-order valence-electron chi connectivity index (χ0n) is 13.8. The molecule has 1 N–H and O–H groups in total. The molecular formula is C19H15F3N2O2. The second-order valence-corrected chi connectivity index (χ2v) is 5.21. The predicted octanol–water partition coefficient (Wildman–Crippen LogP) is 4.65. The number of amides is 1. The lowest BCUT2D eigenvalue weighted by molar-refractivity contribution is -0.137. The summed E-state index contributed by atoms with van der Waals surface area (Å²) >= 11 is 0. The number of benzene rings is 2. The minimum Gasteiger partial charge on any atom is -0.494 e. The summed E-state index contributed by atoms with van der Waals surface area (Å²) in [6.07, 6.45) is -3.18. The first-order valence-electron chi connectivity index (χ1n) is 7.66. The highest BCUT2D eigenvalue weighted by molar-refractivity contribution is 6.09. The molecular weight excluding hydrogens is 345 g/mol. The maximum absolute atomic E-state index is 12.7. The summed E-state index contributed by atoms with van der Waals surface area (Å²) in [6.45, 7) is 2.29. The number of carbonyl (C=O) groups excluding carboxylic acids is 1. The van der Waals surface area contributed by atoms with Gasteiger partial charge in [0.2, 0.25) is 0 Å². The molecule has 0 spiro atoms. The Morgan fingerprint density at radius 3 is 2.62 bits per heavy atom. The SMILES string of the molecule is CCOc1cccc(/C=C(\C#N)C(=O)Nc2cccc(C(F)(F)F)c2)c1. The number of anilines is 1. The quantitative estimate of drug-likeness (QED) is 0.624. The number of ether oxygens (including phenoxy) is 1. The van der Waals surface area contributed by atoms with E-state index in [9.17, 15) is 23.2 Å². The predicted molar refractivity (Wildman–Crippen MR) is 91.3 cm³/mol. The van der Waals surface area contributed by atoms with Gasteiger partial charge in [0.1, 0.15) is 17.4 Å². The third kappa shape index (κ3) is 5.11. The topological polar surface area (TPSA) is 62.1 Å². The Morgan fingerprint density at radius 2 is 1.96 bits per heavy atom. The second kappa shape index (κ2) is 8.21. The van der Waals surface area contributed by atoms with Gasteiger partial charge in [-0.3, -0.25) is 4.79 Å². The highest BCUT2D eigenvalue weighted by atomic mass is 19.4. The molecule has 0 aromatic heterocycles. The first-order chi connectivity index (χ1) is 12.3. The minimum atomic E-state index is -4.52. The van der Waals surface area contributed by atoms with Crippen molar-refractivity contribution in [3.63, 3.8) is 0 Å². The molecule has 0 aliphatic carbocycles. The van der Waals surface area contributed by atoms with Crippen LogP contribution in [0.3, 0.4) is 0 Å². The normalized spacial score (nSPS) is 11.6. The summed E-state index contributed by atoms with van der Waals surface area (Å²) in [4.78, 5) is 12.2. The van der Waals surface area contributed by atoms with Crippen molar-refractivity contribution >= 4 is 17.7 Å². The van der Waals surface area contributed by atoms with Gasteiger partial charge >= 0.3 is 6.18 Å². The monoisotopic (exact) mass is 360 g/mol. The lowest BCUT2D eigenvalue weighted by atomic mass is 10.1. The highest BCUT2D eigenvalue weighted by Gasteiger charge is 2.30. The third-order valence-electron chi connectivity index (χ3n) is 3.29. The van der Waals surface area contributed by atoms with Crippen molar-refractivity contribution in [3.8, 4) is 11.8 Å². The second-order valence-electron chi connectivity index (χ2n) is 5.21. The summed E-state index contributed by atoms with van der Waals surface area (Å²) < 4.78 is 43.5. The van der Waals surface area contributed by atoms with Crippen molar-refractivity contribution in [2.24, 2.45) is 0 Å². The third-order valence-corrected chi connectivity index (χ3v) is 3.29. The fourth-order valence-corrected chi connectivity index (χ4v) is 2.15. The molecule has 0 bridgehead atoms. The largest absolute Gasteiger partial charge is 0.494 e. The molecule has 0 unspecified atom stereocenters. The van der Waals surface area contributed by atoms with Gasteiger partial charge in [0, 0.05) is 5.69 Å². The number of alkyl halides is 3. The summed E-state index contributed by atoms with van der Waals surface area (Å²) in [5.74, 6) is -0.217. The van der Waals surface area contributed by atoms with Gasteiger partial charge in [0.15, 0.2) is 0 Å². The zero-order chi connectivity index (χ0) is 19.2. The summed E-state index contributed by atoms with van der Waals surface area (Å²) in [7, 11) is 0. The first kappa shape index (κ1) is 19.1. The molecule has 0 aliphatic rings. The van der Waals surface area contributed by atoms with E-state index in [-0.39, 0.29) is 11.3 Å². The molecule has 0 saturated heterocycles. The molecule has 2 rings (SSSR count). The van der Waals surface area contributed by atoms with Gasteiger partial charge in [-0.05, 0) is 48.9 Å². The van der Waals surface area contributed by atoms with Crippen molar-refractivity contribution in [2.75, 3.05) is 11.9 Å². The maximum Gasteiger partial charge on any atom is 0.416 e. The van der Waals surface area contributed by atoms with Crippen LogP contribution in [0, 0.1) is 11.3 Å². The molecule has 2 aromatic rings. The first-order valence-corrected chi connectivity index (χ1v) is 7.66. The number of halogens is 3. The van der Waals surface area contributed by atoms with E-state index in [1.807, 2.05) is 6.92 Å². The van der Waals surface area contributed by atoms with Crippen LogP contribution in [-0.2, 0) is 11.0 Å². The Balaban J connectivity index is 2.22. The van der Waals surface area contributed by atoms with E-state index in [0.717, 1.165) is 12.1 Å². The van der Waals surface area contributed by atoms with Crippen molar-refractivity contribution < 1.29 is 22.7 Å². The fourth-order valence-electron chi connectivity index (χ4n) is 2.15. The van der Waals surface area contributed by atoms with E-state index in [1.54, 1.807) is 30.3 Å².